The lowest BCUT2D eigenvalue weighted by Gasteiger charge is -2.26. The molecule has 1 saturated heterocycles. The van der Waals surface area contributed by atoms with Crippen molar-refractivity contribution in [3.05, 3.63) is 0 Å². The van der Waals surface area contributed by atoms with Gasteiger partial charge in [0.1, 0.15) is 6.61 Å². The highest BCUT2D eigenvalue weighted by molar-refractivity contribution is 5.70. The molecule has 1 aliphatic heterocycles. The zero-order valence-corrected chi connectivity index (χ0v) is 9.24. The largest absolute Gasteiger partial charge is 0.464 e. The maximum Gasteiger partial charge on any atom is 0.332 e. The lowest BCUT2D eigenvalue weighted by Crippen LogP contribution is -2.38. The molecular formula is C10H19NO4. The zero-order valence-electron chi connectivity index (χ0n) is 9.24. The van der Waals surface area contributed by atoms with Gasteiger partial charge in [0.2, 0.25) is 0 Å². The summed E-state index contributed by atoms with van der Waals surface area (Å²) in [6.45, 7) is 7.14. The Morgan fingerprint density at radius 3 is 2.80 bits per heavy atom. The van der Waals surface area contributed by atoms with E-state index >= 15 is 0 Å². The molecule has 0 atom stereocenters. The zero-order chi connectivity index (χ0) is 10.9. The third-order valence-electron chi connectivity index (χ3n) is 2.18. The van der Waals surface area contributed by atoms with Crippen molar-refractivity contribution in [2.24, 2.45) is 0 Å². The maximum atomic E-state index is 10.9. The lowest BCUT2D eigenvalue weighted by atomic mass is 10.4. The Kier molecular flexibility index (Phi) is 6.31. The molecule has 0 aromatic carbocycles. The second-order valence-corrected chi connectivity index (χ2v) is 3.31. The monoisotopic (exact) mass is 217 g/mol. The molecule has 1 rings (SSSR count). The molecule has 0 spiro atoms. The van der Waals surface area contributed by atoms with E-state index < -0.39 is 0 Å². The van der Waals surface area contributed by atoms with Gasteiger partial charge in [-0.25, -0.2) is 4.79 Å². The van der Waals surface area contributed by atoms with E-state index in [0.717, 1.165) is 32.8 Å². The minimum atomic E-state index is -0.292. The van der Waals surface area contributed by atoms with Gasteiger partial charge in [0.05, 0.1) is 26.4 Å². The van der Waals surface area contributed by atoms with Crippen molar-refractivity contribution in [3.63, 3.8) is 0 Å². The van der Waals surface area contributed by atoms with Crippen LogP contribution in [0.4, 0.5) is 0 Å². The van der Waals surface area contributed by atoms with E-state index in [4.69, 9.17) is 14.2 Å². The molecule has 1 fully saturated rings. The van der Waals surface area contributed by atoms with E-state index in [1.165, 1.54) is 0 Å². The molecule has 0 saturated carbocycles. The molecule has 0 aromatic rings. The van der Waals surface area contributed by atoms with Crippen LogP contribution in [0.15, 0.2) is 0 Å². The fraction of sp³-hybridized carbons (Fsp3) is 0.900. The fourth-order valence-electron chi connectivity index (χ4n) is 1.38. The Bertz CT molecular complexity index is 180. The Morgan fingerprint density at radius 2 is 2.13 bits per heavy atom. The number of nitrogens with zero attached hydrogens (tertiary/aromatic N) is 1. The number of esters is 1. The van der Waals surface area contributed by atoms with Crippen LogP contribution in [0.25, 0.3) is 0 Å². The number of rotatable bonds is 6. The van der Waals surface area contributed by atoms with Crippen LogP contribution in [0.5, 0.6) is 0 Å². The van der Waals surface area contributed by atoms with Crippen molar-refractivity contribution in [2.75, 3.05) is 52.7 Å². The molecule has 1 heterocycles. The number of hydrogen-bond donors (Lipinski definition) is 0. The van der Waals surface area contributed by atoms with Crippen LogP contribution in [-0.2, 0) is 19.0 Å². The van der Waals surface area contributed by atoms with Crippen LogP contribution >= 0.6 is 0 Å². The van der Waals surface area contributed by atoms with E-state index in [2.05, 4.69) is 4.90 Å². The summed E-state index contributed by atoms with van der Waals surface area (Å²) >= 11 is 0. The minimum Gasteiger partial charge on any atom is -0.464 e. The smallest absolute Gasteiger partial charge is 0.332 e. The summed E-state index contributed by atoms with van der Waals surface area (Å²) in [4.78, 5) is 13.2. The summed E-state index contributed by atoms with van der Waals surface area (Å²) in [7, 11) is 0. The molecule has 0 aliphatic carbocycles. The number of carbonyl (C=O) groups is 1. The third-order valence-corrected chi connectivity index (χ3v) is 2.18. The van der Waals surface area contributed by atoms with Gasteiger partial charge in [0, 0.05) is 19.6 Å². The van der Waals surface area contributed by atoms with Crippen molar-refractivity contribution in [3.8, 4) is 0 Å². The maximum absolute atomic E-state index is 10.9. The average molecular weight is 217 g/mol. The Labute approximate surface area is 90.3 Å². The topological polar surface area (TPSA) is 48.0 Å². The first kappa shape index (κ1) is 12.4. The molecule has 0 radical (unpaired) electrons. The Morgan fingerprint density at radius 1 is 1.40 bits per heavy atom. The van der Waals surface area contributed by atoms with Crippen molar-refractivity contribution < 1.29 is 19.0 Å². The minimum absolute atomic E-state index is 0.0537. The van der Waals surface area contributed by atoms with Gasteiger partial charge in [-0.15, -0.1) is 0 Å². The van der Waals surface area contributed by atoms with Crippen LogP contribution in [0.2, 0.25) is 0 Å². The van der Waals surface area contributed by atoms with Gasteiger partial charge in [-0.2, -0.15) is 0 Å². The molecule has 88 valence electrons. The second kappa shape index (κ2) is 7.62. The highest BCUT2D eigenvalue weighted by atomic mass is 16.6. The van der Waals surface area contributed by atoms with Crippen molar-refractivity contribution in [1.82, 2.24) is 4.90 Å². The molecule has 0 unspecified atom stereocenters. The van der Waals surface area contributed by atoms with Gasteiger partial charge >= 0.3 is 5.97 Å². The molecule has 1 aliphatic rings. The van der Waals surface area contributed by atoms with E-state index in [-0.39, 0.29) is 12.6 Å². The first-order valence-electron chi connectivity index (χ1n) is 5.36. The van der Waals surface area contributed by atoms with Crippen LogP contribution in [-0.4, -0.2) is 63.5 Å². The van der Waals surface area contributed by atoms with Gasteiger partial charge < -0.3 is 14.2 Å². The van der Waals surface area contributed by atoms with Gasteiger partial charge in [0.25, 0.3) is 0 Å². The molecule has 0 bridgehead atoms. The lowest BCUT2D eigenvalue weighted by molar-refractivity contribution is -0.148. The highest BCUT2D eigenvalue weighted by Gasteiger charge is 2.09. The normalized spacial score (nSPS) is 17.7. The predicted octanol–water partition coefficient (Wildman–Crippen LogP) is -0.102. The molecular weight excluding hydrogens is 198 g/mol. The van der Waals surface area contributed by atoms with E-state index in [9.17, 15) is 4.79 Å². The summed E-state index contributed by atoms with van der Waals surface area (Å²) in [6, 6.07) is 0. The van der Waals surface area contributed by atoms with Gasteiger partial charge in [-0.1, -0.05) is 0 Å². The first-order valence-corrected chi connectivity index (χ1v) is 5.36. The second-order valence-electron chi connectivity index (χ2n) is 3.31. The molecule has 5 nitrogen and oxygen atoms in total. The van der Waals surface area contributed by atoms with E-state index in [1.54, 1.807) is 6.92 Å². The van der Waals surface area contributed by atoms with Crippen LogP contribution in [0, 0.1) is 0 Å². The third kappa shape index (κ3) is 5.71. The van der Waals surface area contributed by atoms with Crippen LogP contribution in [0.1, 0.15) is 6.92 Å². The van der Waals surface area contributed by atoms with Crippen molar-refractivity contribution in [1.29, 1.82) is 0 Å². The molecule has 0 amide bonds. The first-order chi connectivity index (χ1) is 7.33. The quantitative estimate of drug-likeness (QED) is 0.459. The fourth-order valence-corrected chi connectivity index (χ4v) is 1.38. The van der Waals surface area contributed by atoms with Crippen LogP contribution < -0.4 is 0 Å². The van der Waals surface area contributed by atoms with E-state index in [1.807, 2.05) is 0 Å². The Balaban J connectivity index is 1.93. The van der Waals surface area contributed by atoms with Gasteiger partial charge in [0.15, 0.2) is 0 Å². The number of morpholine rings is 1. The molecule has 15 heavy (non-hydrogen) atoms. The summed E-state index contributed by atoms with van der Waals surface area (Å²) in [6.07, 6.45) is 0. The summed E-state index contributed by atoms with van der Waals surface area (Å²) < 4.78 is 15.1. The standard InChI is InChI=1S/C10H19NO4/c1-2-15-10(12)9-14-8-5-11-3-6-13-7-4-11/h2-9H2,1H3. The summed E-state index contributed by atoms with van der Waals surface area (Å²) in [5, 5.41) is 0. The Hall–Kier alpha value is -0.650. The predicted molar refractivity (Wildman–Crippen MR) is 54.7 cm³/mol. The number of carbonyl (C=O) groups excluding carboxylic acids is 1. The molecule has 5 heteroatoms. The molecule has 0 aromatic heterocycles. The summed E-state index contributed by atoms with van der Waals surface area (Å²) in [5.41, 5.74) is 0. The SMILES string of the molecule is CCOC(=O)COCCN1CCOCC1. The van der Waals surface area contributed by atoms with Gasteiger partial charge in [-0.3, -0.25) is 4.90 Å². The van der Waals surface area contributed by atoms with E-state index in [0.29, 0.717) is 13.2 Å². The van der Waals surface area contributed by atoms with Crippen molar-refractivity contribution in [2.45, 2.75) is 6.92 Å². The summed E-state index contributed by atoms with van der Waals surface area (Å²) in [5.74, 6) is -0.292. The highest BCUT2D eigenvalue weighted by Crippen LogP contribution is 1.95. The average Bonchev–Trinajstić information content (AvgIpc) is 2.26. The van der Waals surface area contributed by atoms with Gasteiger partial charge in [-0.05, 0) is 6.92 Å². The number of hydrogen-bond acceptors (Lipinski definition) is 5. The number of ether oxygens (including phenoxy) is 3. The van der Waals surface area contributed by atoms with Crippen LogP contribution in [0.3, 0.4) is 0 Å². The molecule has 0 N–H and O–H groups in total. The van der Waals surface area contributed by atoms with Crippen molar-refractivity contribution >= 4 is 5.97 Å².